The third-order valence-corrected chi connectivity index (χ3v) is 4.01. The van der Waals surface area contributed by atoms with Crippen molar-refractivity contribution in [3.63, 3.8) is 0 Å². The summed E-state index contributed by atoms with van der Waals surface area (Å²) in [6, 6.07) is 10.0. The molecule has 2 aromatic rings. The number of rotatable bonds is 4. The minimum absolute atomic E-state index is 0.650. The maximum Gasteiger partial charge on any atom is 0.119 e. The van der Waals surface area contributed by atoms with E-state index in [0.717, 1.165) is 22.3 Å². The molecule has 0 saturated heterocycles. The molecule has 3 heteroatoms. The van der Waals surface area contributed by atoms with E-state index in [1.165, 1.54) is 11.1 Å². The van der Waals surface area contributed by atoms with Gasteiger partial charge in [0.25, 0.3) is 0 Å². The lowest BCUT2D eigenvalue weighted by Crippen LogP contribution is -2.03. The van der Waals surface area contributed by atoms with Crippen molar-refractivity contribution in [1.82, 2.24) is 4.98 Å². The van der Waals surface area contributed by atoms with Gasteiger partial charge in [-0.25, -0.2) is 0 Å². The molecule has 0 unspecified atom stereocenters. The number of hydrogen-bond acceptors (Lipinski definition) is 2. The highest BCUT2D eigenvalue weighted by Gasteiger charge is 2.03. The Labute approximate surface area is 116 Å². The first-order valence-electron chi connectivity index (χ1n) is 5.96. The predicted molar refractivity (Wildman–Crippen MR) is 77.1 cm³/mol. The second-order valence-corrected chi connectivity index (χ2v) is 5.08. The van der Waals surface area contributed by atoms with Crippen LogP contribution in [-0.2, 0) is 6.42 Å². The van der Waals surface area contributed by atoms with Crippen molar-refractivity contribution in [3.05, 3.63) is 57.8 Å². The normalized spacial score (nSPS) is 10.4. The summed E-state index contributed by atoms with van der Waals surface area (Å²) in [7, 11) is 0. The Balaban J connectivity index is 1.95. The van der Waals surface area contributed by atoms with E-state index in [4.69, 9.17) is 4.74 Å². The van der Waals surface area contributed by atoms with Crippen molar-refractivity contribution in [1.29, 1.82) is 0 Å². The van der Waals surface area contributed by atoms with Crippen LogP contribution in [0.15, 0.2) is 41.0 Å². The monoisotopic (exact) mass is 305 g/mol. The van der Waals surface area contributed by atoms with Gasteiger partial charge in [0.1, 0.15) is 5.75 Å². The van der Waals surface area contributed by atoms with Gasteiger partial charge in [-0.3, -0.25) is 4.98 Å². The van der Waals surface area contributed by atoms with Gasteiger partial charge in [-0.15, -0.1) is 0 Å². The fraction of sp³-hybridized carbons (Fsp3) is 0.267. The number of halogens is 1. The molecule has 0 N–H and O–H groups in total. The molecule has 1 aromatic heterocycles. The number of aromatic nitrogens is 1. The van der Waals surface area contributed by atoms with E-state index in [1.807, 2.05) is 24.4 Å². The first kappa shape index (κ1) is 13.1. The lowest BCUT2D eigenvalue weighted by atomic mass is 10.1. The molecule has 0 radical (unpaired) electrons. The Morgan fingerprint density at radius 2 is 1.89 bits per heavy atom. The van der Waals surface area contributed by atoms with Crippen LogP contribution < -0.4 is 4.74 Å². The van der Waals surface area contributed by atoms with E-state index >= 15 is 0 Å². The fourth-order valence-electron chi connectivity index (χ4n) is 1.81. The summed E-state index contributed by atoms with van der Waals surface area (Å²) in [5.74, 6) is 0.920. The number of nitrogens with zero attached hydrogens (tertiary/aromatic N) is 1. The highest BCUT2D eigenvalue weighted by molar-refractivity contribution is 9.10. The molecule has 2 nitrogen and oxygen atoms in total. The van der Waals surface area contributed by atoms with E-state index in [2.05, 4.69) is 46.9 Å². The average molecular weight is 306 g/mol. The van der Waals surface area contributed by atoms with Crippen molar-refractivity contribution in [2.24, 2.45) is 0 Å². The third-order valence-electron chi connectivity index (χ3n) is 2.76. The van der Waals surface area contributed by atoms with Crippen LogP contribution in [0.1, 0.15) is 16.8 Å². The zero-order chi connectivity index (χ0) is 13.0. The van der Waals surface area contributed by atoms with Gasteiger partial charge in [0, 0.05) is 22.8 Å². The summed E-state index contributed by atoms with van der Waals surface area (Å²) in [5, 5.41) is 0. The van der Waals surface area contributed by atoms with E-state index in [-0.39, 0.29) is 0 Å². The third kappa shape index (κ3) is 3.33. The number of ether oxygens (including phenoxy) is 1. The van der Waals surface area contributed by atoms with Gasteiger partial charge in [-0.2, -0.15) is 0 Å². The van der Waals surface area contributed by atoms with Crippen LogP contribution in [0.3, 0.4) is 0 Å². The molecule has 1 aromatic carbocycles. The Kier molecular flexibility index (Phi) is 4.37. The summed E-state index contributed by atoms with van der Waals surface area (Å²) >= 11 is 3.55. The molecule has 0 saturated carbocycles. The van der Waals surface area contributed by atoms with Crippen LogP contribution in [0.25, 0.3) is 0 Å². The van der Waals surface area contributed by atoms with E-state index in [1.54, 1.807) is 0 Å². The molecular weight excluding hydrogens is 290 g/mol. The van der Waals surface area contributed by atoms with E-state index in [0.29, 0.717) is 6.61 Å². The molecule has 0 aliphatic rings. The second kappa shape index (κ2) is 6.01. The largest absolute Gasteiger partial charge is 0.493 e. The van der Waals surface area contributed by atoms with Crippen LogP contribution in [0.5, 0.6) is 5.75 Å². The van der Waals surface area contributed by atoms with Crippen LogP contribution in [0.4, 0.5) is 0 Å². The summed E-state index contributed by atoms with van der Waals surface area (Å²) in [6.45, 7) is 4.79. The van der Waals surface area contributed by atoms with Crippen LogP contribution in [-0.4, -0.2) is 11.6 Å². The molecule has 2 rings (SSSR count). The van der Waals surface area contributed by atoms with E-state index in [9.17, 15) is 0 Å². The number of aryl methyl sites for hydroxylation is 2. The Hall–Kier alpha value is -1.35. The molecule has 0 atom stereocenters. The standard InChI is InChI=1S/C15H16BrNO/c1-11-9-14(10-12(2)15(11)16)18-8-6-13-5-3-4-7-17-13/h3-5,7,9-10H,6,8H2,1-2H3. The SMILES string of the molecule is Cc1cc(OCCc2ccccn2)cc(C)c1Br. The minimum atomic E-state index is 0.650. The Morgan fingerprint density at radius 1 is 1.17 bits per heavy atom. The Bertz CT molecular complexity index is 502. The van der Waals surface area contributed by atoms with Crippen molar-refractivity contribution in [2.75, 3.05) is 6.61 Å². The fourth-order valence-corrected chi connectivity index (χ4v) is 2.04. The molecule has 0 bridgehead atoms. The zero-order valence-corrected chi connectivity index (χ0v) is 12.2. The van der Waals surface area contributed by atoms with Crippen LogP contribution >= 0.6 is 15.9 Å². The maximum atomic E-state index is 5.77. The molecule has 0 fully saturated rings. The molecule has 94 valence electrons. The Morgan fingerprint density at radius 3 is 2.50 bits per heavy atom. The van der Waals surface area contributed by atoms with Gasteiger partial charge < -0.3 is 4.74 Å². The van der Waals surface area contributed by atoms with Gasteiger partial charge >= 0.3 is 0 Å². The summed E-state index contributed by atoms with van der Waals surface area (Å²) < 4.78 is 6.92. The predicted octanol–water partition coefficient (Wildman–Crippen LogP) is 4.08. The maximum absolute atomic E-state index is 5.77. The first-order valence-corrected chi connectivity index (χ1v) is 6.75. The molecule has 18 heavy (non-hydrogen) atoms. The summed E-state index contributed by atoms with van der Waals surface area (Å²) in [5.41, 5.74) is 3.45. The summed E-state index contributed by atoms with van der Waals surface area (Å²) in [6.07, 6.45) is 2.64. The number of benzene rings is 1. The molecule has 0 aliphatic heterocycles. The molecular formula is C15H16BrNO. The molecule has 0 amide bonds. The molecule has 0 aliphatic carbocycles. The van der Waals surface area contributed by atoms with Crippen LogP contribution in [0.2, 0.25) is 0 Å². The quantitative estimate of drug-likeness (QED) is 0.849. The number of hydrogen-bond donors (Lipinski definition) is 0. The van der Waals surface area contributed by atoms with Crippen LogP contribution in [0, 0.1) is 13.8 Å². The highest BCUT2D eigenvalue weighted by Crippen LogP contribution is 2.26. The van der Waals surface area contributed by atoms with Gasteiger partial charge in [0.05, 0.1) is 6.61 Å². The molecule has 1 heterocycles. The van der Waals surface area contributed by atoms with Gasteiger partial charge in [-0.05, 0) is 49.2 Å². The molecule has 0 spiro atoms. The lowest BCUT2D eigenvalue weighted by molar-refractivity contribution is 0.320. The van der Waals surface area contributed by atoms with Gasteiger partial charge in [0.2, 0.25) is 0 Å². The lowest BCUT2D eigenvalue weighted by Gasteiger charge is -2.10. The second-order valence-electron chi connectivity index (χ2n) is 4.29. The van der Waals surface area contributed by atoms with E-state index < -0.39 is 0 Å². The number of pyridine rings is 1. The minimum Gasteiger partial charge on any atom is -0.493 e. The zero-order valence-electron chi connectivity index (χ0n) is 10.6. The van der Waals surface area contributed by atoms with Gasteiger partial charge in [-0.1, -0.05) is 22.0 Å². The summed E-state index contributed by atoms with van der Waals surface area (Å²) in [4.78, 5) is 4.27. The highest BCUT2D eigenvalue weighted by atomic mass is 79.9. The topological polar surface area (TPSA) is 22.1 Å². The van der Waals surface area contributed by atoms with Crippen molar-refractivity contribution >= 4 is 15.9 Å². The smallest absolute Gasteiger partial charge is 0.119 e. The van der Waals surface area contributed by atoms with Gasteiger partial charge in [0.15, 0.2) is 0 Å². The van der Waals surface area contributed by atoms with Crippen molar-refractivity contribution in [3.8, 4) is 5.75 Å². The first-order chi connectivity index (χ1) is 8.66. The van der Waals surface area contributed by atoms with Crippen molar-refractivity contribution < 1.29 is 4.74 Å². The average Bonchev–Trinajstić information content (AvgIpc) is 2.37. The van der Waals surface area contributed by atoms with Crippen molar-refractivity contribution in [2.45, 2.75) is 20.3 Å².